The van der Waals surface area contributed by atoms with Crippen LogP contribution in [-0.2, 0) is 40.0 Å². The standard InChI is InChI=1S/C30H46N8O10/c1-14(2)23(25(33)43)36-27(45)20(13-39)35-29(47)24(15(3)40)37-28(46)21-5-4-10-38(21)30(48)19(12-22(32)42)34-26(44)18(31)11-16-6-8-17(41)9-7-16/h6-9,14-15,18-21,23-24,39-41H,4-5,10-13,31H2,1-3H3,(H2,32,42)(H2,33,43)(H,34,44)(H,35,47)(H,36,45)(H,37,46)/t15-,18+,19+,20+,21+,23+,24+/m1/s1. The number of likely N-dealkylation sites (tertiary alicyclic amines) is 1. The zero-order valence-corrected chi connectivity index (χ0v) is 27.0. The minimum absolute atomic E-state index is 0.0205. The third-order valence-corrected chi connectivity index (χ3v) is 7.74. The number of carbonyl (C=O) groups is 7. The maximum Gasteiger partial charge on any atom is 0.246 e. The van der Waals surface area contributed by atoms with Gasteiger partial charge in [0.05, 0.1) is 25.2 Å². The minimum atomic E-state index is -1.65. The number of nitrogens with zero attached hydrogens (tertiary/aromatic N) is 1. The Labute approximate surface area is 277 Å². The van der Waals surface area contributed by atoms with Crippen LogP contribution in [0.4, 0.5) is 0 Å². The lowest BCUT2D eigenvalue weighted by Gasteiger charge is -2.30. The zero-order valence-electron chi connectivity index (χ0n) is 27.0. The van der Waals surface area contributed by atoms with E-state index >= 15 is 0 Å². The van der Waals surface area contributed by atoms with Crippen molar-refractivity contribution in [2.24, 2.45) is 23.1 Å². The predicted molar refractivity (Wildman–Crippen MR) is 169 cm³/mol. The first-order valence-electron chi connectivity index (χ1n) is 15.4. The summed E-state index contributed by atoms with van der Waals surface area (Å²) in [5, 5.41) is 38.9. The second kappa shape index (κ2) is 17.9. The molecule has 0 aromatic heterocycles. The fourth-order valence-electron chi connectivity index (χ4n) is 5.09. The Bertz CT molecular complexity index is 1340. The van der Waals surface area contributed by atoms with Crippen molar-refractivity contribution < 1.29 is 48.9 Å². The summed E-state index contributed by atoms with van der Waals surface area (Å²) in [4.78, 5) is 90.2. The molecule has 266 valence electrons. The van der Waals surface area contributed by atoms with Gasteiger partial charge in [-0.3, -0.25) is 33.6 Å². The van der Waals surface area contributed by atoms with Gasteiger partial charge in [-0.05, 0) is 49.8 Å². The van der Waals surface area contributed by atoms with Crippen LogP contribution in [0.3, 0.4) is 0 Å². The number of nitrogens with one attached hydrogen (secondary N) is 4. The van der Waals surface area contributed by atoms with Crippen molar-refractivity contribution in [3.63, 3.8) is 0 Å². The van der Waals surface area contributed by atoms with Crippen molar-refractivity contribution in [2.45, 2.75) is 88.8 Å². The van der Waals surface area contributed by atoms with Gasteiger partial charge in [-0.1, -0.05) is 26.0 Å². The molecule has 1 saturated heterocycles. The van der Waals surface area contributed by atoms with E-state index in [1.807, 2.05) is 0 Å². The van der Waals surface area contributed by atoms with E-state index in [-0.39, 0.29) is 25.1 Å². The first kappa shape index (κ1) is 39.4. The van der Waals surface area contributed by atoms with Crippen molar-refractivity contribution >= 4 is 41.4 Å². The highest BCUT2D eigenvalue weighted by atomic mass is 16.3. The molecule has 0 saturated carbocycles. The molecule has 2 rings (SSSR count). The van der Waals surface area contributed by atoms with Crippen molar-refractivity contribution in [3.8, 4) is 5.75 Å². The highest BCUT2D eigenvalue weighted by molar-refractivity contribution is 5.98. The summed E-state index contributed by atoms with van der Waals surface area (Å²) in [7, 11) is 0. The van der Waals surface area contributed by atoms with Gasteiger partial charge < -0.3 is 58.7 Å². The molecule has 18 nitrogen and oxygen atoms in total. The second-order valence-corrected chi connectivity index (χ2v) is 12.0. The van der Waals surface area contributed by atoms with Crippen LogP contribution >= 0.6 is 0 Å². The van der Waals surface area contributed by atoms with Crippen LogP contribution in [0.15, 0.2) is 24.3 Å². The molecule has 1 aromatic rings. The van der Waals surface area contributed by atoms with Gasteiger partial charge in [-0.2, -0.15) is 0 Å². The number of aromatic hydroxyl groups is 1. The highest BCUT2D eigenvalue weighted by Crippen LogP contribution is 2.20. The summed E-state index contributed by atoms with van der Waals surface area (Å²) < 4.78 is 0. The quantitative estimate of drug-likeness (QED) is 0.0750. The topological polar surface area (TPSA) is 310 Å². The lowest BCUT2D eigenvalue weighted by molar-refractivity contribution is -0.143. The molecule has 0 bridgehead atoms. The summed E-state index contributed by atoms with van der Waals surface area (Å²) in [5.41, 5.74) is 17.3. The van der Waals surface area contributed by atoms with Crippen LogP contribution in [0.25, 0.3) is 0 Å². The Morgan fingerprint density at radius 2 is 1.48 bits per heavy atom. The van der Waals surface area contributed by atoms with E-state index in [0.29, 0.717) is 12.0 Å². The van der Waals surface area contributed by atoms with Crippen molar-refractivity contribution in [1.82, 2.24) is 26.2 Å². The number of amides is 7. The van der Waals surface area contributed by atoms with Crippen molar-refractivity contribution in [3.05, 3.63) is 29.8 Å². The van der Waals surface area contributed by atoms with Crippen LogP contribution in [0.2, 0.25) is 0 Å². The number of phenols is 1. The average molecular weight is 679 g/mol. The monoisotopic (exact) mass is 678 g/mol. The van der Waals surface area contributed by atoms with E-state index in [1.165, 1.54) is 19.1 Å². The first-order chi connectivity index (χ1) is 22.5. The van der Waals surface area contributed by atoms with E-state index < -0.39 is 103 Å². The third-order valence-electron chi connectivity index (χ3n) is 7.74. The average Bonchev–Trinajstić information content (AvgIpc) is 3.50. The van der Waals surface area contributed by atoms with E-state index in [9.17, 15) is 48.9 Å². The molecule has 0 spiro atoms. The number of benzene rings is 1. The normalized spacial score (nSPS) is 18.1. The molecule has 0 aliphatic carbocycles. The van der Waals surface area contributed by atoms with Gasteiger partial charge in [-0.15, -0.1) is 0 Å². The molecule has 1 heterocycles. The SMILES string of the molecule is CC(C)[C@H](NC(=O)[C@H](CO)NC(=O)[C@@H](NC(=O)[C@@H]1CCCN1C(=O)[C@H](CC(N)=O)NC(=O)[C@@H](N)Cc1ccc(O)cc1)[C@@H](C)O)C(N)=O. The van der Waals surface area contributed by atoms with Gasteiger partial charge in [0.15, 0.2) is 0 Å². The molecule has 0 unspecified atom stereocenters. The fraction of sp³-hybridized carbons (Fsp3) is 0.567. The molecule has 7 amide bonds. The summed E-state index contributed by atoms with van der Waals surface area (Å²) in [5.74, 6) is -6.54. The largest absolute Gasteiger partial charge is 0.508 e. The van der Waals surface area contributed by atoms with Gasteiger partial charge in [0, 0.05) is 6.54 Å². The molecule has 13 N–H and O–H groups in total. The molecule has 1 aliphatic rings. The molecular formula is C30H46N8O10. The molecule has 1 fully saturated rings. The highest BCUT2D eigenvalue weighted by Gasteiger charge is 2.40. The number of phenolic OH excluding ortho intramolecular Hbond substituents is 1. The van der Waals surface area contributed by atoms with Gasteiger partial charge in [-0.25, -0.2) is 0 Å². The third kappa shape index (κ3) is 11.2. The number of hydrogen-bond acceptors (Lipinski definition) is 11. The van der Waals surface area contributed by atoms with E-state index in [4.69, 9.17) is 17.2 Å². The second-order valence-electron chi connectivity index (χ2n) is 12.0. The van der Waals surface area contributed by atoms with Gasteiger partial charge in [0.1, 0.15) is 36.0 Å². The number of nitrogens with two attached hydrogens (primary N) is 3. The summed E-state index contributed by atoms with van der Waals surface area (Å²) in [6, 6.07) is -2.14. The molecule has 7 atom stereocenters. The summed E-state index contributed by atoms with van der Waals surface area (Å²) in [6.45, 7) is 3.60. The molecule has 18 heteroatoms. The van der Waals surface area contributed by atoms with Crippen molar-refractivity contribution in [1.29, 1.82) is 0 Å². The Morgan fingerprint density at radius 1 is 0.875 bits per heavy atom. The lowest BCUT2D eigenvalue weighted by Crippen LogP contribution is -2.62. The number of aliphatic hydroxyl groups is 2. The maximum atomic E-state index is 13.6. The molecule has 1 aromatic carbocycles. The van der Waals surface area contributed by atoms with Crippen LogP contribution in [-0.4, -0.2) is 117 Å². The van der Waals surface area contributed by atoms with Gasteiger partial charge >= 0.3 is 0 Å². The maximum absolute atomic E-state index is 13.6. The van der Waals surface area contributed by atoms with E-state index in [0.717, 1.165) is 4.90 Å². The Morgan fingerprint density at radius 3 is 2.00 bits per heavy atom. The molecule has 0 radical (unpaired) electrons. The number of carbonyl (C=O) groups excluding carboxylic acids is 7. The Kier molecular flexibility index (Phi) is 14.7. The smallest absolute Gasteiger partial charge is 0.246 e. The molecule has 48 heavy (non-hydrogen) atoms. The number of primary amides is 2. The lowest BCUT2D eigenvalue weighted by atomic mass is 10.0. The van der Waals surface area contributed by atoms with E-state index in [2.05, 4.69) is 21.3 Å². The minimum Gasteiger partial charge on any atom is -0.508 e. The predicted octanol–water partition coefficient (Wildman–Crippen LogP) is -4.42. The van der Waals surface area contributed by atoms with E-state index in [1.54, 1.807) is 26.0 Å². The van der Waals surface area contributed by atoms with Crippen LogP contribution in [0, 0.1) is 5.92 Å². The molecule has 1 aliphatic heterocycles. The fourth-order valence-corrected chi connectivity index (χ4v) is 5.09. The van der Waals surface area contributed by atoms with Crippen LogP contribution in [0.5, 0.6) is 5.75 Å². The van der Waals surface area contributed by atoms with Gasteiger partial charge in [0.2, 0.25) is 41.4 Å². The number of hydrogen-bond donors (Lipinski definition) is 10. The van der Waals surface area contributed by atoms with Gasteiger partial charge in [0.25, 0.3) is 0 Å². The molecular weight excluding hydrogens is 632 g/mol. The van der Waals surface area contributed by atoms with Crippen molar-refractivity contribution in [2.75, 3.05) is 13.2 Å². The number of aliphatic hydroxyl groups excluding tert-OH is 2. The zero-order chi connectivity index (χ0) is 36.3. The van der Waals surface area contributed by atoms with Crippen LogP contribution in [0.1, 0.15) is 45.6 Å². The number of rotatable bonds is 17. The summed E-state index contributed by atoms with van der Waals surface area (Å²) >= 11 is 0. The Balaban J connectivity index is 2.14. The van der Waals surface area contributed by atoms with Crippen LogP contribution < -0.4 is 38.5 Å². The summed E-state index contributed by atoms with van der Waals surface area (Å²) in [6.07, 6.45) is -1.58. The first-order valence-corrected chi connectivity index (χ1v) is 15.4. The Hall–Kier alpha value is -4.81.